The van der Waals surface area contributed by atoms with Crippen molar-refractivity contribution in [3.8, 4) is 6.07 Å². The van der Waals surface area contributed by atoms with Gasteiger partial charge in [-0.2, -0.15) is 10.4 Å². The van der Waals surface area contributed by atoms with Crippen molar-refractivity contribution in [1.82, 2.24) is 9.61 Å². The Morgan fingerprint density at radius 1 is 1.45 bits per heavy atom. The van der Waals surface area contributed by atoms with Gasteiger partial charge in [0.2, 0.25) is 0 Å². The molecule has 0 spiro atoms. The molecule has 11 heavy (non-hydrogen) atoms. The second-order valence-corrected chi connectivity index (χ2v) is 2.19. The van der Waals surface area contributed by atoms with Crippen LogP contribution in [0.1, 0.15) is 5.56 Å². The molecule has 0 saturated heterocycles. The lowest BCUT2D eigenvalue weighted by molar-refractivity contribution is 0.941. The van der Waals surface area contributed by atoms with E-state index in [9.17, 15) is 0 Å². The van der Waals surface area contributed by atoms with Crippen molar-refractivity contribution < 1.29 is 0 Å². The van der Waals surface area contributed by atoms with Gasteiger partial charge in [0.1, 0.15) is 6.07 Å². The molecule has 0 atom stereocenters. The number of fused-ring (bicyclic) bond motifs is 1. The molecule has 2 rings (SSSR count). The number of rotatable bonds is 0. The second-order valence-electron chi connectivity index (χ2n) is 2.19. The maximum atomic E-state index is 8.63. The van der Waals surface area contributed by atoms with Gasteiger partial charge in [-0.05, 0) is 18.2 Å². The highest BCUT2D eigenvalue weighted by atomic mass is 15.2. The molecule has 0 N–H and O–H groups in total. The Bertz CT molecular complexity index is 422. The maximum absolute atomic E-state index is 8.63. The molecule has 0 aromatic carbocycles. The molecular weight excluding hydrogens is 138 g/mol. The zero-order valence-corrected chi connectivity index (χ0v) is 5.73. The first-order valence-corrected chi connectivity index (χ1v) is 3.24. The SMILES string of the molecule is N#Cc1ccn2ncccc12. The summed E-state index contributed by atoms with van der Waals surface area (Å²) in [5.74, 6) is 0. The van der Waals surface area contributed by atoms with Gasteiger partial charge in [-0.3, -0.25) is 0 Å². The van der Waals surface area contributed by atoms with Crippen LogP contribution < -0.4 is 0 Å². The molecule has 0 radical (unpaired) electrons. The molecule has 0 aliphatic rings. The molecule has 0 aliphatic carbocycles. The second kappa shape index (κ2) is 2.10. The molecule has 0 unspecified atom stereocenters. The fourth-order valence-electron chi connectivity index (χ4n) is 1.04. The highest BCUT2D eigenvalue weighted by molar-refractivity contribution is 5.60. The van der Waals surface area contributed by atoms with Gasteiger partial charge in [0, 0.05) is 12.4 Å². The molecule has 0 fully saturated rings. The van der Waals surface area contributed by atoms with Crippen LogP contribution in [-0.2, 0) is 0 Å². The lowest BCUT2D eigenvalue weighted by Gasteiger charge is -1.89. The average molecular weight is 143 g/mol. The minimum atomic E-state index is 0.665. The highest BCUT2D eigenvalue weighted by Crippen LogP contribution is 2.08. The molecular formula is C8H5N3. The van der Waals surface area contributed by atoms with Crippen LogP contribution in [0, 0.1) is 11.3 Å². The van der Waals surface area contributed by atoms with Crippen molar-refractivity contribution >= 4 is 5.52 Å². The van der Waals surface area contributed by atoms with Crippen LogP contribution in [-0.4, -0.2) is 9.61 Å². The van der Waals surface area contributed by atoms with E-state index in [4.69, 9.17) is 5.26 Å². The van der Waals surface area contributed by atoms with Crippen LogP contribution in [0.25, 0.3) is 5.52 Å². The van der Waals surface area contributed by atoms with Gasteiger partial charge < -0.3 is 0 Å². The standard InChI is InChI=1S/C8H5N3/c9-6-7-3-5-11-8(7)2-1-4-10-11/h1-5H. The Morgan fingerprint density at radius 2 is 2.36 bits per heavy atom. The van der Waals surface area contributed by atoms with Crippen LogP contribution in [0.15, 0.2) is 30.6 Å². The largest absolute Gasteiger partial charge is 0.240 e. The summed E-state index contributed by atoms with van der Waals surface area (Å²) in [4.78, 5) is 0. The smallest absolute Gasteiger partial charge is 0.101 e. The Labute approximate surface area is 63.5 Å². The molecule has 2 aromatic rings. The predicted molar refractivity (Wildman–Crippen MR) is 39.9 cm³/mol. The minimum absolute atomic E-state index is 0.665. The number of hydrogen-bond donors (Lipinski definition) is 0. The summed E-state index contributed by atoms with van der Waals surface area (Å²) in [7, 11) is 0. The van der Waals surface area contributed by atoms with E-state index < -0.39 is 0 Å². The van der Waals surface area contributed by atoms with Crippen LogP contribution in [0.2, 0.25) is 0 Å². The van der Waals surface area contributed by atoms with Gasteiger partial charge in [-0.1, -0.05) is 0 Å². The fraction of sp³-hybridized carbons (Fsp3) is 0. The Balaban J connectivity index is 2.89. The lowest BCUT2D eigenvalue weighted by atomic mass is 10.3. The third kappa shape index (κ3) is 0.767. The van der Waals surface area contributed by atoms with E-state index in [1.807, 2.05) is 12.1 Å². The van der Waals surface area contributed by atoms with Crippen LogP contribution in [0.4, 0.5) is 0 Å². The van der Waals surface area contributed by atoms with Gasteiger partial charge >= 0.3 is 0 Å². The van der Waals surface area contributed by atoms with Crippen LogP contribution >= 0.6 is 0 Å². The van der Waals surface area contributed by atoms with E-state index in [-0.39, 0.29) is 0 Å². The van der Waals surface area contributed by atoms with E-state index in [0.29, 0.717) is 5.56 Å². The van der Waals surface area contributed by atoms with Gasteiger partial charge in [0.15, 0.2) is 0 Å². The minimum Gasteiger partial charge on any atom is -0.240 e. The molecule has 2 aromatic heterocycles. The third-order valence-electron chi connectivity index (χ3n) is 1.56. The summed E-state index contributed by atoms with van der Waals surface area (Å²) in [6, 6.07) is 7.52. The summed E-state index contributed by atoms with van der Waals surface area (Å²) >= 11 is 0. The van der Waals surface area contributed by atoms with Gasteiger partial charge in [0.05, 0.1) is 11.1 Å². The summed E-state index contributed by atoms with van der Waals surface area (Å²) in [5.41, 5.74) is 1.52. The molecule has 2 heterocycles. The quantitative estimate of drug-likeness (QED) is 0.556. The van der Waals surface area contributed by atoms with Crippen molar-refractivity contribution in [3.05, 3.63) is 36.2 Å². The molecule has 3 heteroatoms. The van der Waals surface area contributed by atoms with E-state index in [0.717, 1.165) is 5.52 Å². The van der Waals surface area contributed by atoms with Crippen LogP contribution in [0.3, 0.4) is 0 Å². The molecule has 0 bridgehead atoms. The molecule has 52 valence electrons. The van der Waals surface area contributed by atoms with Crippen molar-refractivity contribution in [2.45, 2.75) is 0 Å². The van der Waals surface area contributed by atoms with Crippen molar-refractivity contribution in [2.75, 3.05) is 0 Å². The van der Waals surface area contributed by atoms with Crippen LogP contribution in [0.5, 0.6) is 0 Å². The van der Waals surface area contributed by atoms with E-state index in [1.54, 1.807) is 23.0 Å². The van der Waals surface area contributed by atoms with Gasteiger partial charge in [0.25, 0.3) is 0 Å². The topological polar surface area (TPSA) is 41.1 Å². The van der Waals surface area contributed by atoms with Crippen molar-refractivity contribution in [1.29, 1.82) is 5.26 Å². The van der Waals surface area contributed by atoms with E-state index >= 15 is 0 Å². The normalized spacial score (nSPS) is 9.73. The molecule has 0 aliphatic heterocycles. The Kier molecular flexibility index (Phi) is 1.13. The van der Waals surface area contributed by atoms with E-state index in [2.05, 4.69) is 11.2 Å². The van der Waals surface area contributed by atoms with Gasteiger partial charge in [-0.25, -0.2) is 4.52 Å². The maximum Gasteiger partial charge on any atom is 0.101 e. The zero-order chi connectivity index (χ0) is 7.68. The molecule has 0 saturated carbocycles. The summed E-state index contributed by atoms with van der Waals surface area (Å²) in [5, 5.41) is 12.6. The van der Waals surface area contributed by atoms with E-state index in [1.165, 1.54) is 0 Å². The van der Waals surface area contributed by atoms with Crippen molar-refractivity contribution in [3.63, 3.8) is 0 Å². The highest BCUT2D eigenvalue weighted by Gasteiger charge is 1.98. The Morgan fingerprint density at radius 3 is 3.18 bits per heavy atom. The molecule has 3 nitrogen and oxygen atoms in total. The zero-order valence-electron chi connectivity index (χ0n) is 5.73. The lowest BCUT2D eigenvalue weighted by Crippen LogP contribution is -1.86. The van der Waals surface area contributed by atoms with Gasteiger partial charge in [-0.15, -0.1) is 0 Å². The number of aromatic nitrogens is 2. The molecule has 0 amide bonds. The predicted octanol–water partition coefficient (Wildman–Crippen LogP) is 1.21. The monoisotopic (exact) mass is 143 g/mol. The summed E-state index contributed by atoms with van der Waals surface area (Å²) in [6.07, 6.45) is 3.46. The summed E-state index contributed by atoms with van der Waals surface area (Å²) in [6.45, 7) is 0. The first-order chi connectivity index (χ1) is 5.42. The number of hydrogen-bond acceptors (Lipinski definition) is 2. The number of nitriles is 1. The Hall–Kier alpha value is -1.82. The van der Waals surface area contributed by atoms with Crippen molar-refractivity contribution in [2.24, 2.45) is 0 Å². The third-order valence-corrected chi connectivity index (χ3v) is 1.56. The first-order valence-electron chi connectivity index (χ1n) is 3.24. The fourth-order valence-corrected chi connectivity index (χ4v) is 1.04. The number of nitrogens with zero attached hydrogens (tertiary/aromatic N) is 3. The first kappa shape index (κ1) is 5.93. The average Bonchev–Trinajstić information content (AvgIpc) is 2.47. The summed E-state index contributed by atoms with van der Waals surface area (Å²) < 4.78 is 1.68.